The maximum absolute atomic E-state index is 9.02. The molecule has 1 aliphatic rings. The van der Waals surface area contributed by atoms with Gasteiger partial charge < -0.3 is 15.8 Å². The van der Waals surface area contributed by atoms with E-state index < -0.39 is 0 Å². The molecule has 0 spiro atoms. The molecule has 1 aliphatic heterocycles. The molecular formula is C17H19N3O. The summed E-state index contributed by atoms with van der Waals surface area (Å²) >= 11 is 0. The van der Waals surface area contributed by atoms with Gasteiger partial charge in [0.2, 0.25) is 0 Å². The highest BCUT2D eigenvalue weighted by Crippen LogP contribution is 2.35. The van der Waals surface area contributed by atoms with E-state index >= 15 is 0 Å². The van der Waals surface area contributed by atoms with E-state index in [2.05, 4.69) is 47.3 Å². The first-order chi connectivity index (χ1) is 10.2. The number of para-hydroxylation sites is 1. The number of fused-ring (bicyclic) bond motifs is 1. The van der Waals surface area contributed by atoms with Crippen molar-refractivity contribution in [2.24, 2.45) is 10.9 Å². The lowest BCUT2D eigenvalue weighted by atomic mass is 9.99. The number of oxime groups is 1. The van der Waals surface area contributed by atoms with Gasteiger partial charge in [0.25, 0.3) is 0 Å². The maximum atomic E-state index is 9.02. The van der Waals surface area contributed by atoms with Crippen LogP contribution in [0.1, 0.15) is 23.1 Å². The van der Waals surface area contributed by atoms with Gasteiger partial charge in [-0.1, -0.05) is 29.4 Å². The summed E-state index contributed by atoms with van der Waals surface area (Å²) in [5, 5.41) is 12.2. The van der Waals surface area contributed by atoms with Crippen molar-refractivity contribution in [3.63, 3.8) is 0 Å². The summed E-state index contributed by atoms with van der Waals surface area (Å²) in [6, 6.07) is 14.4. The first-order valence-corrected chi connectivity index (χ1v) is 7.14. The molecule has 108 valence electrons. The van der Waals surface area contributed by atoms with Gasteiger partial charge in [0.15, 0.2) is 5.84 Å². The summed E-state index contributed by atoms with van der Waals surface area (Å²) in [5.74, 6) is 0.146. The van der Waals surface area contributed by atoms with E-state index in [1.807, 2.05) is 12.1 Å². The van der Waals surface area contributed by atoms with Crippen LogP contribution in [0.25, 0.3) is 0 Å². The third kappa shape index (κ3) is 2.44. The molecule has 4 heteroatoms. The second kappa shape index (κ2) is 5.48. The van der Waals surface area contributed by atoms with Crippen molar-refractivity contribution in [3.05, 3.63) is 59.2 Å². The first kappa shape index (κ1) is 13.5. The summed E-state index contributed by atoms with van der Waals surface area (Å²) in [6.07, 6.45) is 2.19. The molecule has 0 bridgehead atoms. The zero-order valence-electron chi connectivity index (χ0n) is 12.1. The van der Waals surface area contributed by atoms with Crippen molar-refractivity contribution in [2.45, 2.75) is 19.8 Å². The molecule has 0 saturated carbocycles. The fraction of sp³-hybridized carbons (Fsp3) is 0.235. The van der Waals surface area contributed by atoms with E-state index in [4.69, 9.17) is 10.9 Å². The van der Waals surface area contributed by atoms with E-state index in [-0.39, 0.29) is 5.84 Å². The van der Waals surface area contributed by atoms with E-state index in [0.717, 1.165) is 36.2 Å². The van der Waals surface area contributed by atoms with Crippen LogP contribution in [0, 0.1) is 6.92 Å². The molecule has 0 fully saturated rings. The zero-order chi connectivity index (χ0) is 14.8. The van der Waals surface area contributed by atoms with Crippen LogP contribution in [0.5, 0.6) is 0 Å². The fourth-order valence-corrected chi connectivity index (χ4v) is 2.92. The van der Waals surface area contributed by atoms with Crippen LogP contribution in [0.15, 0.2) is 47.6 Å². The number of rotatable bonds is 2. The average Bonchev–Trinajstić information content (AvgIpc) is 2.53. The Morgan fingerprint density at radius 2 is 2.00 bits per heavy atom. The topological polar surface area (TPSA) is 61.9 Å². The normalized spacial score (nSPS) is 14.9. The molecule has 0 aromatic heterocycles. The number of amidine groups is 1. The number of nitrogens with two attached hydrogens (primary N) is 1. The van der Waals surface area contributed by atoms with Gasteiger partial charge in [-0.3, -0.25) is 0 Å². The summed E-state index contributed by atoms with van der Waals surface area (Å²) in [7, 11) is 0. The standard InChI is InChI=1S/C17H19N3O/c1-12-8-9-14(17(18)19-21)16(11-12)20-10-4-6-13-5-2-3-7-15(13)20/h2-3,5,7-9,11,21H,4,6,10H2,1H3,(H2,18,19). The quantitative estimate of drug-likeness (QED) is 0.385. The van der Waals surface area contributed by atoms with E-state index in [1.165, 1.54) is 11.3 Å². The molecule has 3 rings (SSSR count). The van der Waals surface area contributed by atoms with Crippen LogP contribution in [-0.4, -0.2) is 17.6 Å². The minimum absolute atomic E-state index is 0.146. The lowest BCUT2D eigenvalue weighted by Gasteiger charge is -2.32. The summed E-state index contributed by atoms with van der Waals surface area (Å²) in [4.78, 5) is 2.26. The van der Waals surface area contributed by atoms with Crippen LogP contribution in [0.2, 0.25) is 0 Å². The Hall–Kier alpha value is -2.49. The molecule has 2 aromatic rings. The van der Waals surface area contributed by atoms with Gasteiger partial charge in [0, 0.05) is 17.8 Å². The molecular weight excluding hydrogens is 262 g/mol. The molecule has 4 nitrogen and oxygen atoms in total. The molecule has 0 atom stereocenters. The second-order valence-corrected chi connectivity index (χ2v) is 5.39. The SMILES string of the molecule is Cc1ccc(C(N)=NO)c(N2CCCc3ccccc32)c1. The molecule has 21 heavy (non-hydrogen) atoms. The van der Waals surface area contributed by atoms with Gasteiger partial charge in [0.1, 0.15) is 0 Å². The lowest BCUT2D eigenvalue weighted by Crippen LogP contribution is -2.27. The Morgan fingerprint density at radius 3 is 2.81 bits per heavy atom. The number of hydrogen-bond donors (Lipinski definition) is 2. The summed E-state index contributed by atoms with van der Waals surface area (Å²) in [6.45, 7) is 2.99. The third-order valence-corrected chi connectivity index (χ3v) is 3.94. The van der Waals surface area contributed by atoms with Crippen molar-refractivity contribution >= 4 is 17.2 Å². The Kier molecular flexibility index (Phi) is 3.52. The molecule has 3 N–H and O–H groups in total. The minimum atomic E-state index is 0.146. The van der Waals surface area contributed by atoms with Crippen molar-refractivity contribution in [1.82, 2.24) is 0 Å². The molecule has 0 aliphatic carbocycles. The van der Waals surface area contributed by atoms with Gasteiger partial charge in [-0.15, -0.1) is 0 Å². The first-order valence-electron chi connectivity index (χ1n) is 7.14. The third-order valence-electron chi connectivity index (χ3n) is 3.94. The largest absolute Gasteiger partial charge is 0.409 e. The predicted octanol–water partition coefficient (Wildman–Crippen LogP) is 3.17. The number of anilines is 2. The average molecular weight is 281 g/mol. The molecule has 2 aromatic carbocycles. The predicted molar refractivity (Wildman–Crippen MR) is 85.5 cm³/mol. The van der Waals surface area contributed by atoms with Crippen LogP contribution >= 0.6 is 0 Å². The Bertz CT molecular complexity index is 694. The van der Waals surface area contributed by atoms with Crippen molar-refractivity contribution in [3.8, 4) is 0 Å². The van der Waals surface area contributed by atoms with E-state index in [1.54, 1.807) is 0 Å². The molecule has 0 radical (unpaired) electrons. The fourth-order valence-electron chi connectivity index (χ4n) is 2.92. The van der Waals surface area contributed by atoms with Crippen LogP contribution < -0.4 is 10.6 Å². The Balaban J connectivity index is 2.15. The number of benzene rings is 2. The highest BCUT2D eigenvalue weighted by atomic mass is 16.4. The number of hydrogen-bond acceptors (Lipinski definition) is 3. The molecule has 0 unspecified atom stereocenters. The van der Waals surface area contributed by atoms with Gasteiger partial charge in [-0.05, 0) is 49.1 Å². The molecule has 0 amide bonds. The van der Waals surface area contributed by atoms with Crippen molar-refractivity contribution in [1.29, 1.82) is 0 Å². The Labute approximate surface area is 124 Å². The van der Waals surface area contributed by atoms with Gasteiger partial charge >= 0.3 is 0 Å². The van der Waals surface area contributed by atoms with Gasteiger partial charge in [-0.25, -0.2) is 0 Å². The van der Waals surface area contributed by atoms with Crippen LogP contribution in [0.3, 0.4) is 0 Å². The lowest BCUT2D eigenvalue weighted by molar-refractivity contribution is 0.318. The Morgan fingerprint density at radius 1 is 1.19 bits per heavy atom. The molecule has 0 saturated heterocycles. The zero-order valence-corrected chi connectivity index (χ0v) is 12.1. The number of nitrogens with zero attached hydrogens (tertiary/aromatic N) is 2. The minimum Gasteiger partial charge on any atom is -0.409 e. The maximum Gasteiger partial charge on any atom is 0.172 e. The number of aryl methyl sites for hydroxylation is 2. The van der Waals surface area contributed by atoms with Crippen molar-refractivity contribution < 1.29 is 5.21 Å². The molecule has 1 heterocycles. The van der Waals surface area contributed by atoms with E-state index in [0.29, 0.717) is 0 Å². The highest BCUT2D eigenvalue weighted by Gasteiger charge is 2.21. The van der Waals surface area contributed by atoms with Gasteiger partial charge in [0.05, 0.1) is 5.69 Å². The highest BCUT2D eigenvalue weighted by molar-refractivity contribution is 6.03. The van der Waals surface area contributed by atoms with Gasteiger partial charge in [-0.2, -0.15) is 0 Å². The monoisotopic (exact) mass is 281 g/mol. The smallest absolute Gasteiger partial charge is 0.172 e. The summed E-state index contributed by atoms with van der Waals surface area (Å²) in [5.41, 5.74) is 11.3. The second-order valence-electron chi connectivity index (χ2n) is 5.39. The van der Waals surface area contributed by atoms with Crippen LogP contribution in [0.4, 0.5) is 11.4 Å². The van der Waals surface area contributed by atoms with E-state index in [9.17, 15) is 0 Å². The summed E-state index contributed by atoms with van der Waals surface area (Å²) < 4.78 is 0. The van der Waals surface area contributed by atoms with Crippen molar-refractivity contribution in [2.75, 3.05) is 11.4 Å². The van der Waals surface area contributed by atoms with Crippen LogP contribution in [-0.2, 0) is 6.42 Å².